The van der Waals surface area contributed by atoms with E-state index in [-0.39, 0.29) is 10.8 Å². The summed E-state index contributed by atoms with van der Waals surface area (Å²) in [4.78, 5) is 0. The molecule has 0 fully saturated rings. The van der Waals surface area contributed by atoms with Gasteiger partial charge in [-0.25, -0.2) is 0 Å². The number of rotatable bonds is 4. The molecule has 0 saturated heterocycles. The topological polar surface area (TPSA) is 0 Å². The van der Waals surface area contributed by atoms with Gasteiger partial charge in [0.1, 0.15) is 0 Å². The molecule has 0 N–H and O–H groups in total. The maximum Gasteiger partial charge on any atom is 0.0835 e. The van der Waals surface area contributed by atoms with Crippen molar-refractivity contribution in [2.45, 2.75) is 44.9 Å². The predicted octanol–water partition coefficient (Wildman–Crippen LogP) is 6.77. The Morgan fingerprint density at radius 1 is 1.05 bits per heavy atom. The zero-order valence-corrected chi connectivity index (χ0v) is 15.4. The zero-order chi connectivity index (χ0) is 15.6. The lowest BCUT2D eigenvalue weighted by Crippen LogP contribution is -2.15. The van der Waals surface area contributed by atoms with Crippen molar-refractivity contribution in [1.29, 1.82) is 0 Å². The molecule has 21 heavy (non-hydrogen) atoms. The highest BCUT2D eigenvalue weighted by molar-refractivity contribution is 9.10. The summed E-state index contributed by atoms with van der Waals surface area (Å²) < 4.78 is 1.12. The molecule has 0 aliphatic rings. The van der Waals surface area contributed by atoms with Crippen LogP contribution >= 0.6 is 27.5 Å². The summed E-state index contributed by atoms with van der Waals surface area (Å²) >= 11 is 10.2. The first-order valence-corrected chi connectivity index (χ1v) is 8.58. The first-order chi connectivity index (χ1) is 9.85. The van der Waals surface area contributed by atoms with Crippen molar-refractivity contribution in [1.82, 2.24) is 0 Å². The van der Waals surface area contributed by atoms with Gasteiger partial charge in [-0.2, -0.15) is 0 Å². The van der Waals surface area contributed by atoms with Gasteiger partial charge < -0.3 is 0 Å². The van der Waals surface area contributed by atoms with Crippen LogP contribution in [0, 0.1) is 6.92 Å². The molecular formula is C19H22BrCl. The van der Waals surface area contributed by atoms with Gasteiger partial charge in [0.05, 0.1) is 5.38 Å². The van der Waals surface area contributed by atoms with Crippen LogP contribution in [0.5, 0.6) is 0 Å². The second-order valence-corrected chi connectivity index (χ2v) is 7.52. The van der Waals surface area contributed by atoms with Crippen molar-refractivity contribution in [3.8, 4) is 0 Å². The van der Waals surface area contributed by atoms with E-state index in [1.165, 1.54) is 11.1 Å². The quantitative estimate of drug-likeness (QED) is 0.524. The smallest absolute Gasteiger partial charge is 0.0835 e. The highest BCUT2D eigenvalue weighted by Crippen LogP contribution is 2.33. The fraction of sp³-hybridized carbons (Fsp3) is 0.368. The van der Waals surface area contributed by atoms with Crippen molar-refractivity contribution < 1.29 is 0 Å². The third kappa shape index (κ3) is 3.70. The molecule has 0 amide bonds. The van der Waals surface area contributed by atoms with Gasteiger partial charge in [-0.05, 0) is 47.1 Å². The summed E-state index contributed by atoms with van der Waals surface area (Å²) in [5.41, 5.74) is 5.08. The molecule has 2 aromatic carbocycles. The maximum atomic E-state index is 6.64. The predicted molar refractivity (Wildman–Crippen MR) is 96.3 cm³/mol. The summed E-state index contributed by atoms with van der Waals surface area (Å²) in [6, 6.07) is 15.0. The van der Waals surface area contributed by atoms with E-state index in [9.17, 15) is 0 Å². The maximum absolute atomic E-state index is 6.64. The largest absolute Gasteiger partial charge is 0.113 e. The molecule has 0 aromatic heterocycles. The van der Waals surface area contributed by atoms with E-state index in [4.69, 9.17) is 11.6 Å². The molecule has 0 bridgehead atoms. The molecule has 2 heteroatoms. The third-order valence-corrected chi connectivity index (χ3v) is 5.74. The Bertz CT molecular complexity index is 614. The molecule has 0 heterocycles. The lowest BCUT2D eigenvalue weighted by molar-refractivity contribution is 0.506. The summed E-state index contributed by atoms with van der Waals surface area (Å²) in [7, 11) is 0. The average Bonchev–Trinajstić information content (AvgIpc) is 2.49. The first-order valence-electron chi connectivity index (χ1n) is 7.35. The minimum Gasteiger partial charge on any atom is -0.113 e. The van der Waals surface area contributed by atoms with E-state index in [2.05, 4.69) is 86.1 Å². The fourth-order valence-electron chi connectivity index (χ4n) is 2.33. The Balaban J connectivity index is 2.27. The summed E-state index contributed by atoms with van der Waals surface area (Å²) in [5.74, 6) is 0. The van der Waals surface area contributed by atoms with Crippen LogP contribution in [0.4, 0.5) is 0 Å². The Morgan fingerprint density at radius 3 is 2.14 bits per heavy atom. The van der Waals surface area contributed by atoms with E-state index >= 15 is 0 Å². The minimum atomic E-state index is -0.101. The van der Waals surface area contributed by atoms with Gasteiger partial charge in [0.15, 0.2) is 0 Å². The number of benzene rings is 2. The van der Waals surface area contributed by atoms with Crippen LogP contribution < -0.4 is 0 Å². The SMILES string of the molecule is CCC(C)(C)c1ccc(C(Cl)c2ccc(Br)c(C)c2)cc1. The molecule has 0 nitrogen and oxygen atoms in total. The number of hydrogen-bond donors (Lipinski definition) is 0. The van der Waals surface area contributed by atoms with E-state index in [0.29, 0.717) is 0 Å². The van der Waals surface area contributed by atoms with E-state index < -0.39 is 0 Å². The molecule has 2 aromatic rings. The molecule has 0 aliphatic carbocycles. The van der Waals surface area contributed by atoms with Crippen LogP contribution in [-0.4, -0.2) is 0 Å². The van der Waals surface area contributed by atoms with Crippen LogP contribution in [0.1, 0.15) is 54.8 Å². The zero-order valence-electron chi connectivity index (χ0n) is 13.1. The Hall–Kier alpha value is -0.790. The molecule has 112 valence electrons. The Labute approximate surface area is 141 Å². The van der Waals surface area contributed by atoms with Crippen LogP contribution in [0.2, 0.25) is 0 Å². The second-order valence-electron chi connectivity index (χ2n) is 6.23. The number of hydrogen-bond acceptors (Lipinski definition) is 0. The standard InChI is InChI=1S/C19H22BrCl/c1-5-19(3,4)16-9-6-14(7-10-16)18(21)15-8-11-17(20)13(2)12-15/h6-12,18H,5H2,1-4H3. The van der Waals surface area contributed by atoms with Gasteiger partial charge in [-0.15, -0.1) is 11.6 Å². The molecule has 1 atom stereocenters. The average molecular weight is 366 g/mol. The number of halogens is 2. The van der Waals surface area contributed by atoms with Crippen LogP contribution in [0.15, 0.2) is 46.9 Å². The van der Waals surface area contributed by atoms with Gasteiger partial charge in [0.25, 0.3) is 0 Å². The van der Waals surface area contributed by atoms with Crippen LogP contribution in [-0.2, 0) is 5.41 Å². The molecule has 0 saturated carbocycles. The monoisotopic (exact) mass is 364 g/mol. The van der Waals surface area contributed by atoms with E-state index in [1.54, 1.807) is 0 Å². The van der Waals surface area contributed by atoms with Crippen LogP contribution in [0.3, 0.4) is 0 Å². The summed E-state index contributed by atoms with van der Waals surface area (Å²) in [6.45, 7) is 8.86. The molecule has 0 radical (unpaired) electrons. The molecule has 0 aliphatic heterocycles. The molecule has 0 spiro atoms. The van der Waals surface area contributed by atoms with Crippen LogP contribution in [0.25, 0.3) is 0 Å². The normalized spacial score (nSPS) is 13.2. The molecular weight excluding hydrogens is 344 g/mol. The van der Waals surface area contributed by atoms with Gasteiger partial charge >= 0.3 is 0 Å². The fourth-order valence-corrected chi connectivity index (χ4v) is 2.85. The van der Waals surface area contributed by atoms with Gasteiger partial charge in [-0.1, -0.05) is 73.1 Å². The minimum absolute atomic E-state index is 0.101. The van der Waals surface area contributed by atoms with Gasteiger partial charge in [0, 0.05) is 4.47 Å². The summed E-state index contributed by atoms with van der Waals surface area (Å²) in [5, 5.41) is -0.101. The number of alkyl halides is 1. The Kier molecular flexibility index (Phi) is 5.16. The van der Waals surface area contributed by atoms with Crippen molar-refractivity contribution >= 4 is 27.5 Å². The van der Waals surface area contributed by atoms with Gasteiger partial charge in [-0.3, -0.25) is 0 Å². The summed E-state index contributed by atoms with van der Waals surface area (Å²) in [6.07, 6.45) is 1.13. The van der Waals surface area contributed by atoms with Gasteiger partial charge in [0.2, 0.25) is 0 Å². The second kappa shape index (κ2) is 6.54. The van der Waals surface area contributed by atoms with Crippen molar-refractivity contribution in [2.24, 2.45) is 0 Å². The van der Waals surface area contributed by atoms with E-state index in [1.807, 2.05) is 0 Å². The van der Waals surface area contributed by atoms with Crippen molar-refractivity contribution in [2.75, 3.05) is 0 Å². The number of aryl methyl sites for hydroxylation is 1. The molecule has 2 rings (SSSR count). The van der Waals surface area contributed by atoms with Crippen molar-refractivity contribution in [3.63, 3.8) is 0 Å². The van der Waals surface area contributed by atoms with Crippen molar-refractivity contribution in [3.05, 3.63) is 69.2 Å². The third-order valence-electron chi connectivity index (χ3n) is 4.34. The highest BCUT2D eigenvalue weighted by Gasteiger charge is 2.18. The first kappa shape index (κ1) is 16.6. The molecule has 1 unspecified atom stereocenters. The van der Waals surface area contributed by atoms with E-state index in [0.717, 1.165) is 22.0 Å². The highest BCUT2D eigenvalue weighted by atomic mass is 79.9. The Morgan fingerprint density at radius 2 is 1.62 bits per heavy atom. The lowest BCUT2D eigenvalue weighted by atomic mass is 9.82. The lowest BCUT2D eigenvalue weighted by Gasteiger charge is -2.24.